The van der Waals surface area contributed by atoms with Crippen LogP contribution in [-0.2, 0) is 25.1 Å². The Morgan fingerprint density at radius 2 is 2.00 bits per heavy atom. The second kappa shape index (κ2) is 9.04. The Bertz CT molecular complexity index is 1120. The largest absolute Gasteiger partial charge is 0.356 e. The maximum Gasteiger partial charge on any atom is 0.350 e. The normalized spacial score (nSPS) is 33.3. The summed E-state index contributed by atoms with van der Waals surface area (Å²) < 4.78 is 44.1. The van der Waals surface area contributed by atoms with Crippen LogP contribution >= 0.6 is 11.6 Å². The molecule has 7 nitrogen and oxygen atoms in total. The monoisotopic (exact) mass is 525 g/mol. The molecule has 2 N–H and O–H groups in total. The molecular weight excluding hydrogens is 499 g/mol. The number of ketones is 1. The Hall–Kier alpha value is -2.62. The molecule has 36 heavy (non-hydrogen) atoms. The van der Waals surface area contributed by atoms with E-state index in [0.29, 0.717) is 25.8 Å². The Morgan fingerprint density at radius 1 is 1.22 bits per heavy atom. The van der Waals surface area contributed by atoms with Gasteiger partial charge in [-0.05, 0) is 49.7 Å². The number of fused-ring (bicyclic) bond motifs is 1. The predicted octanol–water partition coefficient (Wildman–Crippen LogP) is 2.61. The molecule has 4 aliphatic rings. The molecule has 0 spiro atoms. The molecule has 2 aliphatic heterocycles. The van der Waals surface area contributed by atoms with E-state index < -0.39 is 59.2 Å². The SMILES string of the molecule is O=C1NCCC1C1CC1(NC(=O)[C@@H]1[C@H]2CCC[C@H]2CN1C(=O)C(F)(F)c1cccc(Cl)c1)C(=O)CF. The number of Topliss-reactive ketones (excluding diaryl/α,β-unsaturated/α-hetero) is 1. The van der Waals surface area contributed by atoms with Crippen LogP contribution in [0.1, 0.15) is 37.7 Å². The van der Waals surface area contributed by atoms with Crippen LogP contribution in [0.3, 0.4) is 0 Å². The topological polar surface area (TPSA) is 95.6 Å². The summed E-state index contributed by atoms with van der Waals surface area (Å²) in [6, 6.07) is 3.65. The van der Waals surface area contributed by atoms with Gasteiger partial charge in [0.2, 0.25) is 11.8 Å². The number of hydrogen-bond donors (Lipinski definition) is 2. The summed E-state index contributed by atoms with van der Waals surface area (Å²) >= 11 is 5.86. The van der Waals surface area contributed by atoms with E-state index in [4.69, 9.17) is 11.6 Å². The summed E-state index contributed by atoms with van der Waals surface area (Å²) in [5.74, 6) is -8.83. The van der Waals surface area contributed by atoms with Crippen LogP contribution in [-0.4, -0.2) is 59.7 Å². The summed E-state index contributed by atoms with van der Waals surface area (Å²) in [6.45, 7) is -0.894. The zero-order valence-corrected chi connectivity index (χ0v) is 20.2. The van der Waals surface area contributed by atoms with E-state index in [2.05, 4.69) is 10.6 Å². The number of carbonyl (C=O) groups is 4. The lowest BCUT2D eigenvalue weighted by Crippen LogP contribution is -2.57. The molecule has 0 aromatic heterocycles. The van der Waals surface area contributed by atoms with Crippen LogP contribution in [0, 0.1) is 23.7 Å². The minimum absolute atomic E-state index is 0.00371. The maximum absolute atomic E-state index is 15.3. The molecule has 3 amide bonds. The molecule has 5 rings (SSSR count). The van der Waals surface area contributed by atoms with Crippen molar-refractivity contribution >= 4 is 35.1 Å². The summed E-state index contributed by atoms with van der Waals surface area (Å²) in [5, 5.41) is 5.37. The molecule has 2 heterocycles. The fourth-order valence-electron chi connectivity index (χ4n) is 6.56. The lowest BCUT2D eigenvalue weighted by Gasteiger charge is -2.31. The van der Waals surface area contributed by atoms with Crippen LogP contribution in [0.5, 0.6) is 0 Å². The molecule has 2 saturated carbocycles. The van der Waals surface area contributed by atoms with Crippen LogP contribution in [0.2, 0.25) is 5.02 Å². The highest BCUT2D eigenvalue weighted by atomic mass is 35.5. The van der Waals surface area contributed by atoms with Gasteiger partial charge in [0.15, 0.2) is 12.5 Å². The zero-order valence-electron chi connectivity index (χ0n) is 19.4. The number of benzene rings is 1. The highest BCUT2D eigenvalue weighted by Gasteiger charge is 2.66. The maximum atomic E-state index is 15.3. The van der Waals surface area contributed by atoms with Gasteiger partial charge in [0, 0.05) is 35.5 Å². The molecule has 6 atom stereocenters. The highest BCUT2D eigenvalue weighted by Crippen LogP contribution is 2.52. The van der Waals surface area contributed by atoms with E-state index in [1.165, 1.54) is 12.1 Å². The molecule has 2 saturated heterocycles. The standard InChI is InChI=1S/C25H27ClF3N3O4/c26-15-5-2-4-14(9-15)25(28,29)23(36)32-12-13-3-1-6-16(13)20(32)22(35)31-24(19(33)11-27)10-18(24)17-7-8-30-21(17)34/h2,4-5,9,13,16-18,20H,1,3,6-8,10-12H2,(H,30,34)(H,31,35)/t13-,16-,17?,18?,20-,24?/m0/s1. The van der Waals surface area contributed by atoms with Crippen molar-refractivity contribution in [2.45, 2.75) is 49.6 Å². The summed E-state index contributed by atoms with van der Waals surface area (Å²) in [5.41, 5.74) is -2.13. The fraction of sp³-hybridized carbons (Fsp3) is 0.600. The number of likely N-dealkylation sites (tertiary alicyclic amines) is 1. The van der Waals surface area contributed by atoms with E-state index in [-0.39, 0.29) is 35.7 Å². The Kier molecular flexibility index (Phi) is 6.29. The van der Waals surface area contributed by atoms with Gasteiger partial charge in [-0.2, -0.15) is 8.78 Å². The molecule has 0 bridgehead atoms. The van der Waals surface area contributed by atoms with Gasteiger partial charge in [-0.1, -0.05) is 30.2 Å². The third kappa shape index (κ3) is 3.97. The second-order valence-corrected chi connectivity index (χ2v) is 10.8. The molecule has 0 radical (unpaired) electrons. The minimum Gasteiger partial charge on any atom is -0.356 e. The number of nitrogens with one attached hydrogen (secondary N) is 2. The molecule has 1 aromatic rings. The van der Waals surface area contributed by atoms with Crippen LogP contribution in [0.4, 0.5) is 13.2 Å². The van der Waals surface area contributed by atoms with Gasteiger partial charge in [-0.25, -0.2) is 4.39 Å². The Labute approximate surface area is 211 Å². The molecule has 1 aromatic carbocycles. The second-order valence-electron chi connectivity index (χ2n) is 10.4. The third-order valence-corrected chi connectivity index (χ3v) is 8.67. The smallest absolute Gasteiger partial charge is 0.350 e. The lowest BCUT2D eigenvalue weighted by atomic mass is 9.92. The molecule has 4 fully saturated rings. The first-order chi connectivity index (χ1) is 17.1. The van der Waals surface area contributed by atoms with Gasteiger partial charge < -0.3 is 15.5 Å². The number of nitrogens with zero attached hydrogens (tertiary/aromatic N) is 1. The number of carbonyl (C=O) groups excluding carboxylic acids is 4. The van der Waals surface area contributed by atoms with E-state index in [1.807, 2.05) is 0 Å². The zero-order chi connectivity index (χ0) is 25.8. The summed E-state index contributed by atoms with van der Waals surface area (Å²) in [6.07, 6.45) is 2.64. The van der Waals surface area contributed by atoms with Gasteiger partial charge in [0.1, 0.15) is 11.6 Å². The minimum atomic E-state index is -3.92. The van der Waals surface area contributed by atoms with E-state index in [9.17, 15) is 23.6 Å². The fourth-order valence-corrected chi connectivity index (χ4v) is 6.75. The van der Waals surface area contributed by atoms with Gasteiger partial charge in [-0.3, -0.25) is 19.2 Å². The van der Waals surface area contributed by atoms with E-state index in [0.717, 1.165) is 23.5 Å². The van der Waals surface area contributed by atoms with Gasteiger partial charge in [-0.15, -0.1) is 0 Å². The van der Waals surface area contributed by atoms with Crippen molar-refractivity contribution in [2.75, 3.05) is 19.8 Å². The quantitative estimate of drug-likeness (QED) is 0.572. The van der Waals surface area contributed by atoms with Crippen molar-refractivity contribution in [3.05, 3.63) is 34.9 Å². The molecule has 11 heteroatoms. The van der Waals surface area contributed by atoms with Crippen LogP contribution in [0.25, 0.3) is 0 Å². The summed E-state index contributed by atoms with van der Waals surface area (Å²) in [4.78, 5) is 52.5. The van der Waals surface area contributed by atoms with Crippen molar-refractivity contribution in [2.24, 2.45) is 23.7 Å². The van der Waals surface area contributed by atoms with Crippen LogP contribution in [0.15, 0.2) is 24.3 Å². The molecule has 3 unspecified atom stereocenters. The van der Waals surface area contributed by atoms with Gasteiger partial charge in [0.25, 0.3) is 5.91 Å². The van der Waals surface area contributed by atoms with Gasteiger partial charge >= 0.3 is 5.92 Å². The first-order valence-corrected chi connectivity index (χ1v) is 12.6. The van der Waals surface area contributed by atoms with E-state index in [1.54, 1.807) is 0 Å². The number of hydrogen-bond acceptors (Lipinski definition) is 4. The average molecular weight is 526 g/mol. The van der Waals surface area contributed by atoms with Crippen LogP contribution < -0.4 is 10.6 Å². The number of amides is 3. The van der Waals surface area contributed by atoms with Crippen molar-refractivity contribution in [3.8, 4) is 0 Å². The summed E-state index contributed by atoms with van der Waals surface area (Å²) in [7, 11) is 0. The van der Waals surface area contributed by atoms with Crippen molar-refractivity contribution < 1.29 is 32.3 Å². The van der Waals surface area contributed by atoms with Gasteiger partial charge in [0.05, 0.1) is 0 Å². The Balaban J connectivity index is 1.41. The van der Waals surface area contributed by atoms with Crippen molar-refractivity contribution in [1.82, 2.24) is 15.5 Å². The first kappa shape index (κ1) is 25.0. The molecule has 194 valence electrons. The predicted molar refractivity (Wildman–Crippen MR) is 123 cm³/mol. The number of rotatable bonds is 7. The molecular formula is C25H27ClF3N3O4. The van der Waals surface area contributed by atoms with Crippen molar-refractivity contribution in [1.29, 1.82) is 0 Å². The molecule has 2 aliphatic carbocycles. The number of halogens is 4. The Morgan fingerprint density at radius 3 is 2.67 bits per heavy atom. The number of alkyl halides is 3. The lowest BCUT2D eigenvalue weighted by molar-refractivity contribution is -0.162. The average Bonchev–Trinajstić information content (AvgIpc) is 3.17. The first-order valence-electron chi connectivity index (χ1n) is 12.2. The third-order valence-electron chi connectivity index (χ3n) is 8.43. The highest BCUT2D eigenvalue weighted by molar-refractivity contribution is 6.30. The van der Waals surface area contributed by atoms with E-state index >= 15 is 8.78 Å². The van der Waals surface area contributed by atoms with Crippen molar-refractivity contribution in [3.63, 3.8) is 0 Å².